The van der Waals surface area contributed by atoms with E-state index in [9.17, 15) is 4.79 Å². The van der Waals surface area contributed by atoms with Crippen molar-refractivity contribution in [3.05, 3.63) is 54.4 Å². The molecule has 88 valence electrons. The smallest absolute Gasteiger partial charge is 0.303 e. The summed E-state index contributed by atoms with van der Waals surface area (Å²) in [4.78, 5) is 10.4. The topological polar surface area (TPSA) is 42.2 Å². The predicted octanol–water partition coefficient (Wildman–Crippen LogP) is 2.88. The third-order valence-electron chi connectivity index (χ3n) is 2.70. The number of hydrogen-bond donors (Lipinski definition) is 1. The van der Waals surface area contributed by atoms with Crippen molar-refractivity contribution in [3.63, 3.8) is 0 Å². The summed E-state index contributed by atoms with van der Waals surface area (Å²) in [7, 11) is 0. The highest BCUT2D eigenvalue weighted by Gasteiger charge is 1.99. The lowest BCUT2D eigenvalue weighted by atomic mass is 10.1. The van der Waals surface area contributed by atoms with E-state index < -0.39 is 5.97 Å². The molecule has 2 aromatic rings. The molecule has 0 saturated heterocycles. The maximum absolute atomic E-state index is 10.4. The van der Waals surface area contributed by atoms with Gasteiger partial charge in [0.2, 0.25) is 0 Å². The Morgan fingerprint density at radius 3 is 2.35 bits per heavy atom. The van der Waals surface area contributed by atoms with E-state index in [0.29, 0.717) is 6.42 Å². The third-order valence-corrected chi connectivity index (χ3v) is 2.70. The van der Waals surface area contributed by atoms with Crippen LogP contribution in [0.3, 0.4) is 0 Å². The highest BCUT2D eigenvalue weighted by atomic mass is 16.4. The van der Waals surface area contributed by atoms with Gasteiger partial charge in [0.15, 0.2) is 0 Å². The molecule has 1 N–H and O–H groups in total. The minimum atomic E-state index is -0.728. The number of aliphatic carboxylic acids is 1. The van der Waals surface area contributed by atoms with Gasteiger partial charge < -0.3 is 9.67 Å². The summed E-state index contributed by atoms with van der Waals surface area (Å²) in [6.45, 7) is 0. The molecule has 0 atom stereocenters. The third kappa shape index (κ3) is 3.21. The van der Waals surface area contributed by atoms with Gasteiger partial charge >= 0.3 is 5.97 Å². The van der Waals surface area contributed by atoms with Crippen molar-refractivity contribution in [2.45, 2.75) is 19.3 Å². The first kappa shape index (κ1) is 11.5. The number of nitrogens with zero attached hydrogens (tertiary/aromatic N) is 1. The summed E-state index contributed by atoms with van der Waals surface area (Å²) in [5.74, 6) is -0.728. The number of rotatable bonds is 5. The second kappa shape index (κ2) is 5.34. The highest BCUT2D eigenvalue weighted by Crippen LogP contribution is 2.11. The summed E-state index contributed by atoms with van der Waals surface area (Å²) >= 11 is 0. The predicted molar refractivity (Wildman–Crippen MR) is 66.3 cm³/mol. The van der Waals surface area contributed by atoms with Crippen LogP contribution < -0.4 is 0 Å². The zero-order valence-electron chi connectivity index (χ0n) is 9.54. The lowest BCUT2D eigenvalue weighted by molar-refractivity contribution is -0.137. The Bertz CT molecular complexity index is 471. The molecule has 1 heterocycles. The first-order chi connectivity index (χ1) is 8.25. The SMILES string of the molecule is O=C(O)CCCc1ccc(-n2cccc2)cc1. The van der Waals surface area contributed by atoms with Crippen LogP contribution in [0.25, 0.3) is 5.69 Å². The van der Waals surface area contributed by atoms with Crippen molar-refractivity contribution in [2.24, 2.45) is 0 Å². The van der Waals surface area contributed by atoms with Crippen molar-refractivity contribution in [1.29, 1.82) is 0 Å². The Morgan fingerprint density at radius 2 is 1.76 bits per heavy atom. The van der Waals surface area contributed by atoms with Gasteiger partial charge in [0.05, 0.1) is 0 Å². The van der Waals surface area contributed by atoms with Crippen LogP contribution >= 0.6 is 0 Å². The number of carbonyl (C=O) groups is 1. The van der Waals surface area contributed by atoms with E-state index in [1.165, 1.54) is 5.56 Å². The summed E-state index contributed by atoms with van der Waals surface area (Å²) in [6.07, 6.45) is 5.74. The first-order valence-electron chi connectivity index (χ1n) is 5.70. The van der Waals surface area contributed by atoms with Crippen LogP contribution in [0.5, 0.6) is 0 Å². The Morgan fingerprint density at radius 1 is 1.12 bits per heavy atom. The molecular formula is C14H15NO2. The van der Waals surface area contributed by atoms with E-state index in [1.54, 1.807) is 0 Å². The Labute approximate surface area is 100 Å². The molecular weight excluding hydrogens is 214 g/mol. The number of hydrogen-bond acceptors (Lipinski definition) is 1. The lowest BCUT2D eigenvalue weighted by Gasteiger charge is -2.04. The molecule has 0 aliphatic carbocycles. The van der Waals surface area contributed by atoms with Gasteiger partial charge in [-0.1, -0.05) is 12.1 Å². The second-order valence-corrected chi connectivity index (χ2v) is 4.00. The van der Waals surface area contributed by atoms with Crippen LogP contribution in [0.2, 0.25) is 0 Å². The van der Waals surface area contributed by atoms with E-state index in [2.05, 4.69) is 24.3 Å². The molecule has 0 saturated carbocycles. The molecule has 0 aliphatic heterocycles. The summed E-state index contributed by atoms with van der Waals surface area (Å²) in [5.41, 5.74) is 2.30. The normalized spacial score (nSPS) is 10.4. The van der Waals surface area contributed by atoms with Gasteiger partial charge in [-0.05, 0) is 42.7 Å². The van der Waals surface area contributed by atoms with E-state index in [0.717, 1.165) is 12.1 Å². The van der Waals surface area contributed by atoms with Crippen molar-refractivity contribution in [2.75, 3.05) is 0 Å². The molecule has 0 amide bonds. The van der Waals surface area contributed by atoms with Gasteiger partial charge in [-0.3, -0.25) is 4.79 Å². The summed E-state index contributed by atoms with van der Waals surface area (Å²) in [6, 6.07) is 12.2. The number of aromatic nitrogens is 1. The van der Waals surface area contributed by atoms with Crippen LogP contribution in [-0.2, 0) is 11.2 Å². The fourth-order valence-electron chi connectivity index (χ4n) is 1.79. The molecule has 3 nitrogen and oxygen atoms in total. The fraction of sp³-hybridized carbons (Fsp3) is 0.214. The van der Waals surface area contributed by atoms with Crippen molar-refractivity contribution in [3.8, 4) is 5.69 Å². The van der Waals surface area contributed by atoms with Crippen molar-refractivity contribution in [1.82, 2.24) is 4.57 Å². The average molecular weight is 229 g/mol. The van der Waals surface area contributed by atoms with E-state index >= 15 is 0 Å². The molecule has 1 aromatic heterocycles. The van der Waals surface area contributed by atoms with Gasteiger partial charge in [0.1, 0.15) is 0 Å². The Hall–Kier alpha value is -2.03. The van der Waals surface area contributed by atoms with Crippen LogP contribution in [0.4, 0.5) is 0 Å². The number of carboxylic acids is 1. The summed E-state index contributed by atoms with van der Waals surface area (Å²) in [5, 5.41) is 8.56. The molecule has 1 aromatic carbocycles. The minimum Gasteiger partial charge on any atom is -0.481 e. The van der Waals surface area contributed by atoms with E-state index in [-0.39, 0.29) is 6.42 Å². The van der Waals surface area contributed by atoms with Crippen LogP contribution in [0.1, 0.15) is 18.4 Å². The molecule has 0 unspecified atom stereocenters. The highest BCUT2D eigenvalue weighted by molar-refractivity contribution is 5.66. The number of carboxylic acid groups (broad SMARTS) is 1. The molecule has 0 fully saturated rings. The van der Waals surface area contributed by atoms with Crippen LogP contribution in [-0.4, -0.2) is 15.6 Å². The monoisotopic (exact) mass is 229 g/mol. The number of aryl methyl sites for hydroxylation is 1. The molecule has 0 radical (unpaired) electrons. The Balaban J connectivity index is 1.96. The van der Waals surface area contributed by atoms with E-state index in [4.69, 9.17) is 5.11 Å². The largest absolute Gasteiger partial charge is 0.481 e. The number of benzene rings is 1. The van der Waals surface area contributed by atoms with Crippen molar-refractivity contribution >= 4 is 5.97 Å². The zero-order chi connectivity index (χ0) is 12.1. The first-order valence-corrected chi connectivity index (χ1v) is 5.70. The van der Waals surface area contributed by atoms with E-state index in [1.807, 2.05) is 29.1 Å². The molecule has 17 heavy (non-hydrogen) atoms. The lowest BCUT2D eigenvalue weighted by Crippen LogP contribution is -1.96. The van der Waals surface area contributed by atoms with Gasteiger partial charge in [0.25, 0.3) is 0 Å². The second-order valence-electron chi connectivity index (χ2n) is 4.00. The molecule has 2 rings (SSSR count). The maximum Gasteiger partial charge on any atom is 0.303 e. The van der Waals surface area contributed by atoms with Gasteiger partial charge in [-0.25, -0.2) is 0 Å². The molecule has 3 heteroatoms. The Kier molecular flexibility index (Phi) is 3.60. The molecule has 0 aliphatic rings. The quantitative estimate of drug-likeness (QED) is 0.856. The van der Waals surface area contributed by atoms with Crippen LogP contribution in [0.15, 0.2) is 48.8 Å². The van der Waals surface area contributed by atoms with Gasteiger partial charge in [-0.15, -0.1) is 0 Å². The fourth-order valence-corrected chi connectivity index (χ4v) is 1.79. The standard InChI is InChI=1S/C14H15NO2/c16-14(17)5-3-4-12-6-8-13(9-7-12)15-10-1-2-11-15/h1-2,6-11H,3-5H2,(H,16,17). The molecule has 0 bridgehead atoms. The maximum atomic E-state index is 10.4. The molecule has 0 spiro atoms. The van der Waals surface area contributed by atoms with Gasteiger partial charge in [-0.2, -0.15) is 0 Å². The zero-order valence-corrected chi connectivity index (χ0v) is 9.54. The summed E-state index contributed by atoms with van der Waals surface area (Å²) < 4.78 is 2.04. The van der Waals surface area contributed by atoms with Crippen molar-refractivity contribution < 1.29 is 9.90 Å². The average Bonchev–Trinajstić information content (AvgIpc) is 2.83. The minimum absolute atomic E-state index is 0.235. The van der Waals surface area contributed by atoms with Crippen LogP contribution in [0, 0.1) is 0 Å². The van der Waals surface area contributed by atoms with Gasteiger partial charge in [0, 0.05) is 24.5 Å².